The van der Waals surface area contributed by atoms with E-state index in [2.05, 4.69) is 21.8 Å². The Morgan fingerprint density at radius 1 is 1.16 bits per heavy atom. The Kier molecular flexibility index (Phi) is 10.7. The van der Waals surface area contributed by atoms with Gasteiger partial charge in [-0.3, -0.25) is 4.79 Å². The predicted octanol–water partition coefficient (Wildman–Crippen LogP) is 4.27. The van der Waals surface area contributed by atoms with Crippen LogP contribution in [0.2, 0.25) is 0 Å². The number of amides is 1. The first-order valence-corrected chi connectivity index (χ1v) is 13.9. The molecule has 1 amide bonds. The van der Waals surface area contributed by atoms with Crippen LogP contribution in [0.4, 0.5) is 10.3 Å². The van der Waals surface area contributed by atoms with Gasteiger partial charge in [0.25, 0.3) is 0 Å². The number of carbonyl (C=O) groups excluding carboxylic acids is 1. The minimum absolute atomic E-state index is 0.0639. The molecule has 0 unspecified atom stereocenters. The van der Waals surface area contributed by atoms with E-state index in [1.54, 1.807) is 24.1 Å². The highest BCUT2D eigenvalue weighted by Crippen LogP contribution is 2.31. The molecular formula is C29H41FN4O4. The third kappa shape index (κ3) is 7.86. The Bertz CT molecular complexity index is 1010. The van der Waals surface area contributed by atoms with Crippen molar-refractivity contribution in [1.82, 2.24) is 14.9 Å². The molecule has 0 radical (unpaired) electrons. The summed E-state index contributed by atoms with van der Waals surface area (Å²) >= 11 is 0. The largest absolute Gasteiger partial charge is 0.493 e. The second kappa shape index (κ2) is 14.4. The van der Waals surface area contributed by atoms with Crippen molar-refractivity contribution in [3.8, 4) is 5.75 Å². The fraction of sp³-hybridized carbons (Fsp3) is 0.621. The molecule has 0 aliphatic carbocycles. The summed E-state index contributed by atoms with van der Waals surface area (Å²) in [7, 11) is 1.67. The average molecular weight is 529 g/mol. The molecule has 3 heterocycles. The van der Waals surface area contributed by atoms with Crippen LogP contribution in [-0.4, -0.2) is 73.9 Å². The molecule has 4 rings (SSSR count). The lowest BCUT2D eigenvalue weighted by atomic mass is 9.80. The van der Waals surface area contributed by atoms with Crippen LogP contribution < -0.4 is 9.64 Å². The summed E-state index contributed by atoms with van der Waals surface area (Å²) < 4.78 is 30.9. The molecule has 2 saturated heterocycles. The minimum atomic E-state index is -0.389. The summed E-state index contributed by atoms with van der Waals surface area (Å²) in [6.07, 6.45) is 9.20. The van der Waals surface area contributed by atoms with Gasteiger partial charge in [-0.15, -0.1) is 0 Å². The van der Waals surface area contributed by atoms with Gasteiger partial charge in [0.05, 0.1) is 32.8 Å². The summed E-state index contributed by atoms with van der Waals surface area (Å²) in [5.41, 5.74) is 1.39. The molecule has 1 atom stereocenters. The minimum Gasteiger partial charge on any atom is -0.493 e. The van der Waals surface area contributed by atoms with E-state index in [1.807, 2.05) is 12.4 Å². The van der Waals surface area contributed by atoms with Gasteiger partial charge in [0.2, 0.25) is 11.9 Å². The SMILES string of the molecule is CC[C@@H](CCCOc1ccc(CC(=O)N2CCOCC2)c(F)c1)C1CCN(c2ncc(COC)cn2)CC1. The zero-order valence-electron chi connectivity index (χ0n) is 22.7. The maximum absolute atomic E-state index is 14.6. The van der Waals surface area contributed by atoms with E-state index >= 15 is 0 Å². The number of methoxy groups -OCH3 is 1. The van der Waals surface area contributed by atoms with Gasteiger partial charge in [-0.05, 0) is 49.1 Å². The molecule has 2 aliphatic rings. The van der Waals surface area contributed by atoms with Crippen molar-refractivity contribution in [2.45, 2.75) is 52.1 Å². The number of anilines is 1. The van der Waals surface area contributed by atoms with Crippen molar-refractivity contribution in [2.24, 2.45) is 11.8 Å². The van der Waals surface area contributed by atoms with Crippen molar-refractivity contribution in [3.63, 3.8) is 0 Å². The number of hydrogen-bond donors (Lipinski definition) is 0. The number of benzene rings is 1. The molecule has 0 N–H and O–H groups in total. The van der Waals surface area contributed by atoms with Crippen LogP contribution in [0.25, 0.3) is 0 Å². The second-order valence-electron chi connectivity index (χ2n) is 10.2. The topological polar surface area (TPSA) is 77.0 Å². The molecule has 1 aromatic heterocycles. The third-order valence-electron chi connectivity index (χ3n) is 7.73. The number of piperidine rings is 1. The van der Waals surface area contributed by atoms with E-state index in [9.17, 15) is 9.18 Å². The van der Waals surface area contributed by atoms with Gasteiger partial charge < -0.3 is 24.0 Å². The zero-order valence-corrected chi connectivity index (χ0v) is 22.7. The van der Waals surface area contributed by atoms with Gasteiger partial charge in [0, 0.05) is 57.3 Å². The summed E-state index contributed by atoms with van der Waals surface area (Å²) in [4.78, 5) is 25.5. The maximum atomic E-state index is 14.6. The molecule has 9 heteroatoms. The van der Waals surface area contributed by atoms with Crippen LogP contribution in [0.15, 0.2) is 30.6 Å². The smallest absolute Gasteiger partial charge is 0.227 e. The quantitative estimate of drug-likeness (QED) is 0.381. The fourth-order valence-electron chi connectivity index (χ4n) is 5.48. The Morgan fingerprint density at radius 3 is 2.55 bits per heavy atom. The summed E-state index contributed by atoms with van der Waals surface area (Å²) in [6.45, 7) is 7.51. The number of hydrogen-bond acceptors (Lipinski definition) is 7. The van der Waals surface area contributed by atoms with Crippen molar-refractivity contribution in [3.05, 3.63) is 47.5 Å². The van der Waals surface area contributed by atoms with Crippen LogP contribution >= 0.6 is 0 Å². The number of halogens is 1. The molecule has 2 aromatic rings. The maximum Gasteiger partial charge on any atom is 0.227 e. The lowest BCUT2D eigenvalue weighted by Gasteiger charge is -2.36. The molecular weight excluding hydrogens is 487 g/mol. The van der Waals surface area contributed by atoms with Crippen molar-refractivity contribution in [2.75, 3.05) is 58.0 Å². The molecule has 1 aromatic carbocycles. The van der Waals surface area contributed by atoms with Gasteiger partial charge in [0.1, 0.15) is 11.6 Å². The number of carbonyl (C=O) groups is 1. The molecule has 208 valence electrons. The van der Waals surface area contributed by atoms with E-state index in [0.29, 0.717) is 62.7 Å². The Labute approximate surface area is 225 Å². The summed E-state index contributed by atoms with van der Waals surface area (Å²) in [5.74, 6) is 2.20. The highest BCUT2D eigenvalue weighted by Gasteiger charge is 2.26. The molecule has 8 nitrogen and oxygen atoms in total. The van der Waals surface area contributed by atoms with Gasteiger partial charge in [-0.2, -0.15) is 0 Å². The Morgan fingerprint density at radius 2 is 1.89 bits per heavy atom. The molecule has 2 aliphatic heterocycles. The number of rotatable bonds is 12. The van der Waals surface area contributed by atoms with E-state index in [-0.39, 0.29) is 18.1 Å². The number of morpholine rings is 1. The van der Waals surface area contributed by atoms with Gasteiger partial charge in [-0.1, -0.05) is 19.4 Å². The summed E-state index contributed by atoms with van der Waals surface area (Å²) in [6, 6.07) is 4.83. The predicted molar refractivity (Wildman–Crippen MR) is 144 cm³/mol. The highest BCUT2D eigenvalue weighted by atomic mass is 19.1. The normalized spacial score (nSPS) is 17.4. The van der Waals surface area contributed by atoms with Gasteiger partial charge in [0.15, 0.2) is 0 Å². The monoisotopic (exact) mass is 528 g/mol. The van der Waals surface area contributed by atoms with Crippen LogP contribution in [-0.2, 0) is 27.3 Å². The van der Waals surface area contributed by atoms with Crippen molar-refractivity contribution < 1.29 is 23.4 Å². The molecule has 2 fully saturated rings. The molecule has 0 bridgehead atoms. The fourth-order valence-corrected chi connectivity index (χ4v) is 5.48. The van der Waals surface area contributed by atoms with Crippen LogP contribution in [0.3, 0.4) is 0 Å². The van der Waals surface area contributed by atoms with Crippen LogP contribution in [0.1, 0.15) is 50.2 Å². The first kappa shape index (κ1) is 28.2. The molecule has 38 heavy (non-hydrogen) atoms. The lowest BCUT2D eigenvalue weighted by Crippen LogP contribution is -2.41. The lowest BCUT2D eigenvalue weighted by molar-refractivity contribution is -0.134. The Hall–Kier alpha value is -2.78. The number of aromatic nitrogens is 2. The highest BCUT2D eigenvalue weighted by molar-refractivity contribution is 5.79. The van der Waals surface area contributed by atoms with Gasteiger partial charge >= 0.3 is 0 Å². The van der Waals surface area contributed by atoms with E-state index in [0.717, 1.165) is 56.7 Å². The number of ether oxygens (including phenoxy) is 3. The van der Waals surface area contributed by atoms with Crippen molar-refractivity contribution in [1.29, 1.82) is 0 Å². The van der Waals surface area contributed by atoms with E-state index < -0.39 is 0 Å². The average Bonchev–Trinajstić information content (AvgIpc) is 2.96. The van der Waals surface area contributed by atoms with Crippen molar-refractivity contribution >= 4 is 11.9 Å². The summed E-state index contributed by atoms with van der Waals surface area (Å²) in [5, 5.41) is 0. The van der Waals surface area contributed by atoms with Crippen LogP contribution in [0, 0.1) is 17.7 Å². The van der Waals surface area contributed by atoms with Crippen LogP contribution in [0.5, 0.6) is 5.75 Å². The third-order valence-corrected chi connectivity index (χ3v) is 7.73. The second-order valence-corrected chi connectivity index (χ2v) is 10.2. The number of nitrogens with zero attached hydrogens (tertiary/aromatic N) is 4. The van der Waals surface area contributed by atoms with Gasteiger partial charge in [-0.25, -0.2) is 14.4 Å². The first-order chi connectivity index (χ1) is 18.6. The zero-order chi connectivity index (χ0) is 26.7. The standard InChI is InChI=1S/C29H41FN4O4/c1-3-23(24-8-10-34(11-9-24)29-31-19-22(20-32-29)21-36-2)5-4-14-38-26-7-6-25(27(30)18-26)17-28(35)33-12-15-37-16-13-33/h6-7,18-20,23-24H,3-5,8-17,21H2,1-2H3/t23-/m0/s1. The first-order valence-electron chi connectivity index (χ1n) is 13.9. The van der Waals surface area contributed by atoms with E-state index in [4.69, 9.17) is 14.2 Å². The Balaban J connectivity index is 1.17. The van der Waals surface area contributed by atoms with E-state index in [1.165, 1.54) is 6.07 Å². The molecule has 0 spiro atoms. The molecule has 0 saturated carbocycles.